The van der Waals surface area contributed by atoms with Crippen LogP contribution in [0, 0.1) is 5.92 Å². The van der Waals surface area contributed by atoms with Crippen LogP contribution < -0.4 is 0 Å². The van der Waals surface area contributed by atoms with Crippen molar-refractivity contribution in [3.63, 3.8) is 0 Å². The number of hydrogen-bond acceptors (Lipinski definition) is 2. The lowest BCUT2D eigenvalue weighted by Gasteiger charge is -2.03. The first-order valence-corrected chi connectivity index (χ1v) is 5.61. The van der Waals surface area contributed by atoms with Crippen LogP contribution >= 0.6 is 0 Å². The molecule has 0 saturated heterocycles. The van der Waals surface area contributed by atoms with Crippen LogP contribution in [-0.4, -0.2) is 25.0 Å². The normalized spacial score (nSPS) is 30.4. The van der Waals surface area contributed by atoms with E-state index in [1.807, 2.05) is 24.6 Å². The summed E-state index contributed by atoms with van der Waals surface area (Å²) in [6.07, 6.45) is 18.4. The maximum Gasteiger partial charge on any atom is 0.0883 e. The zero-order chi connectivity index (χ0) is 11.2. The molecule has 2 bridgehead atoms. The summed E-state index contributed by atoms with van der Waals surface area (Å²) in [6, 6.07) is 0.160. The smallest absolute Gasteiger partial charge is 0.0883 e. The van der Waals surface area contributed by atoms with Crippen LogP contribution in [0.5, 0.6) is 0 Å². The second-order valence-corrected chi connectivity index (χ2v) is 4.01. The molecule has 0 aromatic carbocycles. The third-order valence-electron chi connectivity index (χ3n) is 2.53. The van der Waals surface area contributed by atoms with Gasteiger partial charge in [0.05, 0.1) is 12.6 Å². The molecule has 16 heavy (non-hydrogen) atoms. The minimum Gasteiger partial charge on any atom is -0.291 e. The van der Waals surface area contributed by atoms with Crippen molar-refractivity contribution in [1.82, 2.24) is 0 Å². The predicted molar refractivity (Wildman–Crippen MR) is 70.3 cm³/mol. The molecule has 2 unspecified atom stereocenters. The quantitative estimate of drug-likeness (QED) is 0.590. The Hall–Kier alpha value is -1.70. The number of fused-ring (bicyclic) bond motifs is 1. The summed E-state index contributed by atoms with van der Waals surface area (Å²) in [5, 5.41) is 0. The average Bonchev–Trinajstić information content (AvgIpc) is 2.52. The molecule has 0 aromatic rings. The fourth-order valence-electron chi connectivity index (χ4n) is 1.63. The monoisotopic (exact) mass is 212 g/mol. The van der Waals surface area contributed by atoms with Crippen LogP contribution in [0.3, 0.4) is 0 Å². The molecule has 2 rings (SSSR count). The summed E-state index contributed by atoms with van der Waals surface area (Å²) in [6.45, 7) is 2.88. The maximum absolute atomic E-state index is 4.41. The summed E-state index contributed by atoms with van der Waals surface area (Å²) in [4.78, 5) is 8.75. The molecule has 2 heterocycles. The predicted octanol–water partition coefficient (Wildman–Crippen LogP) is 2.75. The summed E-state index contributed by atoms with van der Waals surface area (Å²) in [5.41, 5.74) is 1.21. The molecular weight excluding hydrogens is 196 g/mol. The Morgan fingerprint density at radius 1 is 1.12 bits per heavy atom. The number of nitrogens with zero attached hydrogens (tertiary/aromatic N) is 2. The van der Waals surface area contributed by atoms with Gasteiger partial charge >= 0.3 is 0 Å². The SMILES string of the molecule is CC1C=CC2=CC(CN=C/C=C\1)N=CC=C2. The van der Waals surface area contributed by atoms with Crippen molar-refractivity contribution in [1.29, 1.82) is 0 Å². The molecule has 0 fully saturated rings. The van der Waals surface area contributed by atoms with Crippen molar-refractivity contribution in [3.05, 3.63) is 48.1 Å². The van der Waals surface area contributed by atoms with E-state index in [0.29, 0.717) is 12.5 Å². The molecule has 0 amide bonds. The van der Waals surface area contributed by atoms with Gasteiger partial charge in [-0.1, -0.05) is 37.3 Å². The highest BCUT2D eigenvalue weighted by molar-refractivity contribution is 5.74. The average molecular weight is 212 g/mol. The molecule has 0 radical (unpaired) electrons. The van der Waals surface area contributed by atoms with Crippen LogP contribution in [0.1, 0.15) is 6.92 Å². The van der Waals surface area contributed by atoms with Gasteiger partial charge in [-0.05, 0) is 23.6 Å². The molecule has 2 atom stereocenters. The Kier molecular flexibility index (Phi) is 3.65. The van der Waals surface area contributed by atoms with Crippen LogP contribution in [0.15, 0.2) is 58.1 Å². The highest BCUT2D eigenvalue weighted by Crippen LogP contribution is 2.11. The molecule has 0 spiro atoms. The highest BCUT2D eigenvalue weighted by Gasteiger charge is 2.03. The summed E-state index contributed by atoms with van der Waals surface area (Å²) in [5.74, 6) is 0.432. The van der Waals surface area contributed by atoms with Crippen LogP contribution in [-0.2, 0) is 0 Å². The van der Waals surface area contributed by atoms with E-state index in [1.54, 1.807) is 0 Å². The first kappa shape index (κ1) is 10.8. The van der Waals surface area contributed by atoms with E-state index < -0.39 is 0 Å². The minimum atomic E-state index is 0.160. The summed E-state index contributed by atoms with van der Waals surface area (Å²) in [7, 11) is 0. The van der Waals surface area contributed by atoms with Crippen LogP contribution in [0.2, 0.25) is 0 Å². The molecular formula is C14H16N2. The third-order valence-corrected chi connectivity index (χ3v) is 2.53. The minimum absolute atomic E-state index is 0.160. The van der Waals surface area contributed by atoms with E-state index >= 15 is 0 Å². The molecule has 2 aliphatic rings. The Labute approximate surface area is 96.5 Å². The van der Waals surface area contributed by atoms with Gasteiger partial charge in [0, 0.05) is 12.4 Å². The van der Waals surface area contributed by atoms with Crippen molar-refractivity contribution in [2.75, 3.05) is 6.54 Å². The van der Waals surface area contributed by atoms with Crippen LogP contribution in [0.4, 0.5) is 0 Å². The first-order chi connectivity index (χ1) is 7.84. The second kappa shape index (κ2) is 5.40. The van der Waals surface area contributed by atoms with Crippen molar-refractivity contribution < 1.29 is 0 Å². The lowest BCUT2D eigenvalue weighted by Crippen LogP contribution is -2.05. The maximum atomic E-state index is 4.41. The van der Waals surface area contributed by atoms with Gasteiger partial charge < -0.3 is 0 Å². The van der Waals surface area contributed by atoms with Gasteiger partial charge in [0.2, 0.25) is 0 Å². The Bertz CT molecular complexity index is 408. The fourth-order valence-corrected chi connectivity index (χ4v) is 1.63. The van der Waals surface area contributed by atoms with Gasteiger partial charge in [-0.15, -0.1) is 0 Å². The van der Waals surface area contributed by atoms with Crippen molar-refractivity contribution in [2.45, 2.75) is 13.0 Å². The lowest BCUT2D eigenvalue weighted by molar-refractivity contribution is 0.832. The number of allylic oxidation sites excluding steroid dienone is 7. The number of rotatable bonds is 0. The standard InChI is InChI=1S/C14H16N2/c1-12-4-2-8-15-11-14-10-13(7-6-12)5-3-9-16-14/h2-10,12,14H,11H2,1H3/b4-2-,7-6?,15-8?. The molecule has 0 aromatic heterocycles. The van der Waals surface area contributed by atoms with E-state index in [4.69, 9.17) is 0 Å². The van der Waals surface area contributed by atoms with Gasteiger partial charge in [0.25, 0.3) is 0 Å². The molecule has 0 aliphatic carbocycles. The van der Waals surface area contributed by atoms with E-state index in [9.17, 15) is 0 Å². The fraction of sp³-hybridized carbons (Fsp3) is 0.286. The number of aliphatic imine (C=N–C) groups is 2. The topological polar surface area (TPSA) is 24.7 Å². The Balaban J connectivity index is 2.28. The molecule has 82 valence electrons. The first-order valence-electron chi connectivity index (χ1n) is 5.61. The van der Waals surface area contributed by atoms with Crippen molar-refractivity contribution in [3.8, 4) is 0 Å². The summed E-state index contributed by atoms with van der Waals surface area (Å²) >= 11 is 0. The van der Waals surface area contributed by atoms with Gasteiger partial charge in [0.1, 0.15) is 0 Å². The van der Waals surface area contributed by atoms with Crippen molar-refractivity contribution in [2.24, 2.45) is 15.9 Å². The Morgan fingerprint density at radius 3 is 3.00 bits per heavy atom. The highest BCUT2D eigenvalue weighted by atomic mass is 14.8. The molecule has 0 saturated carbocycles. The zero-order valence-electron chi connectivity index (χ0n) is 9.45. The van der Waals surface area contributed by atoms with Gasteiger partial charge in [-0.2, -0.15) is 0 Å². The summed E-state index contributed by atoms with van der Waals surface area (Å²) < 4.78 is 0. The molecule has 0 N–H and O–H groups in total. The van der Waals surface area contributed by atoms with E-state index in [2.05, 4.69) is 47.3 Å². The third kappa shape index (κ3) is 3.16. The van der Waals surface area contributed by atoms with Gasteiger partial charge in [-0.3, -0.25) is 9.98 Å². The van der Waals surface area contributed by atoms with E-state index in [-0.39, 0.29) is 6.04 Å². The second-order valence-electron chi connectivity index (χ2n) is 4.01. The Morgan fingerprint density at radius 2 is 2.06 bits per heavy atom. The van der Waals surface area contributed by atoms with Crippen molar-refractivity contribution >= 4 is 12.4 Å². The van der Waals surface area contributed by atoms with E-state index in [0.717, 1.165) is 0 Å². The largest absolute Gasteiger partial charge is 0.291 e. The molecule has 2 nitrogen and oxygen atoms in total. The number of hydrogen-bond donors (Lipinski definition) is 0. The van der Waals surface area contributed by atoms with Gasteiger partial charge in [-0.25, -0.2) is 0 Å². The van der Waals surface area contributed by atoms with E-state index in [1.165, 1.54) is 5.57 Å². The van der Waals surface area contributed by atoms with Crippen LogP contribution in [0.25, 0.3) is 0 Å². The molecule has 2 aliphatic heterocycles. The zero-order valence-corrected chi connectivity index (χ0v) is 9.45. The lowest BCUT2D eigenvalue weighted by atomic mass is 10.1. The molecule has 2 heteroatoms. The van der Waals surface area contributed by atoms with Gasteiger partial charge in [0.15, 0.2) is 0 Å².